The molecule has 86 valence electrons. The zero-order valence-electron chi connectivity index (χ0n) is 10.0. The fourth-order valence-corrected chi connectivity index (χ4v) is 1.18. The van der Waals surface area contributed by atoms with Crippen LogP contribution < -0.4 is 16.0 Å². The van der Waals surface area contributed by atoms with Gasteiger partial charge in [0.2, 0.25) is 0 Å². The van der Waals surface area contributed by atoms with Crippen molar-refractivity contribution in [3.63, 3.8) is 0 Å². The summed E-state index contributed by atoms with van der Waals surface area (Å²) in [7, 11) is 0. The average Bonchev–Trinajstić information content (AvgIpc) is 2.15. The Morgan fingerprint density at radius 3 is 2.00 bits per heavy atom. The van der Waals surface area contributed by atoms with Crippen molar-refractivity contribution < 1.29 is 0 Å². The van der Waals surface area contributed by atoms with Crippen LogP contribution in [0.1, 0.15) is 33.6 Å². The molecule has 0 rings (SSSR count). The van der Waals surface area contributed by atoms with Crippen LogP contribution in [0.25, 0.3) is 0 Å². The third-order valence-electron chi connectivity index (χ3n) is 2.04. The van der Waals surface area contributed by atoms with Gasteiger partial charge < -0.3 is 16.0 Å². The van der Waals surface area contributed by atoms with Crippen molar-refractivity contribution in [3.8, 4) is 0 Å². The lowest BCUT2D eigenvalue weighted by Crippen LogP contribution is -2.35. The van der Waals surface area contributed by atoms with Crippen LogP contribution in [0.3, 0.4) is 0 Å². The number of nitrogens with one attached hydrogen (secondary N) is 3. The van der Waals surface area contributed by atoms with Gasteiger partial charge in [-0.1, -0.05) is 27.2 Å². The average molecular weight is 201 g/mol. The first-order valence-corrected chi connectivity index (χ1v) is 5.92. The summed E-state index contributed by atoms with van der Waals surface area (Å²) in [6.07, 6.45) is 2.56. The van der Waals surface area contributed by atoms with Crippen LogP contribution in [0.2, 0.25) is 0 Å². The predicted molar refractivity (Wildman–Crippen MR) is 63.8 cm³/mol. The van der Waals surface area contributed by atoms with Gasteiger partial charge in [0, 0.05) is 32.2 Å². The molecule has 0 aromatic carbocycles. The Kier molecular flexibility index (Phi) is 10.9. The normalized spacial score (nSPS) is 11.1. The molecule has 0 fully saturated rings. The molecular formula is C11H27N3. The van der Waals surface area contributed by atoms with Crippen LogP contribution in [0, 0.1) is 0 Å². The van der Waals surface area contributed by atoms with Gasteiger partial charge in [-0.15, -0.1) is 0 Å². The fraction of sp³-hybridized carbons (Fsp3) is 1.00. The number of hydrogen-bond acceptors (Lipinski definition) is 3. The molecule has 0 saturated heterocycles. The largest absolute Gasteiger partial charge is 0.315 e. The number of rotatable bonds is 10. The van der Waals surface area contributed by atoms with Gasteiger partial charge in [-0.2, -0.15) is 0 Å². The summed E-state index contributed by atoms with van der Waals surface area (Å²) in [6, 6.07) is 0.597. The number of unbranched alkanes of at least 4 members (excludes halogenated alkanes) is 1. The highest BCUT2D eigenvalue weighted by atomic mass is 15.0. The maximum Gasteiger partial charge on any atom is 0.00791 e. The van der Waals surface area contributed by atoms with E-state index in [0.717, 1.165) is 32.7 Å². The van der Waals surface area contributed by atoms with E-state index in [1.54, 1.807) is 0 Å². The van der Waals surface area contributed by atoms with Gasteiger partial charge in [-0.05, 0) is 13.0 Å². The molecule has 0 amide bonds. The first-order valence-electron chi connectivity index (χ1n) is 5.92. The van der Waals surface area contributed by atoms with Crippen LogP contribution >= 0.6 is 0 Å². The molecule has 0 aromatic heterocycles. The van der Waals surface area contributed by atoms with E-state index in [1.807, 2.05) is 0 Å². The third-order valence-corrected chi connectivity index (χ3v) is 2.04. The summed E-state index contributed by atoms with van der Waals surface area (Å²) in [6.45, 7) is 12.0. The van der Waals surface area contributed by atoms with Crippen LogP contribution in [-0.2, 0) is 0 Å². The van der Waals surface area contributed by atoms with Gasteiger partial charge in [-0.3, -0.25) is 0 Å². The second-order valence-electron chi connectivity index (χ2n) is 3.96. The zero-order chi connectivity index (χ0) is 10.6. The lowest BCUT2D eigenvalue weighted by atomic mass is 10.3. The molecule has 14 heavy (non-hydrogen) atoms. The first-order chi connectivity index (χ1) is 6.77. The molecule has 0 spiro atoms. The summed E-state index contributed by atoms with van der Waals surface area (Å²) >= 11 is 0. The zero-order valence-corrected chi connectivity index (χ0v) is 10.0. The molecule has 3 heteroatoms. The Hall–Kier alpha value is -0.120. The monoisotopic (exact) mass is 201 g/mol. The molecule has 0 aliphatic heterocycles. The first kappa shape index (κ1) is 13.9. The summed E-state index contributed by atoms with van der Waals surface area (Å²) in [5.74, 6) is 0. The van der Waals surface area contributed by atoms with Crippen LogP contribution in [0.4, 0.5) is 0 Å². The quantitative estimate of drug-likeness (QED) is 0.461. The minimum atomic E-state index is 0.597. The molecule has 0 aliphatic carbocycles. The summed E-state index contributed by atoms with van der Waals surface area (Å²) in [5, 5.41) is 10.2. The van der Waals surface area contributed by atoms with Crippen molar-refractivity contribution in [1.29, 1.82) is 0 Å². The van der Waals surface area contributed by atoms with Gasteiger partial charge in [0.1, 0.15) is 0 Å². The molecule has 3 N–H and O–H groups in total. The SMILES string of the molecule is CCCCNCCNCCNC(C)C. The van der Waals surface area contributed by atoms with E-state index in [0.29, 0.717) is 6.04 Å². The summed E-state index contributed by atoms with van der Waals surface area (Å²) < 4.78 is 0. The van der Waals surface area contributed by atoms with E-state index in [1.165, 1.54) is 12.8 Å². The van der Waals surface area contributed by atoms with E-state index in [-0.39, 0.29) is 0 Å². The molecule has 0 atom stereocenters. The van der Waals surface area contributed by atoms with Crippen LogP contribution in [-0.4, -0.2) is 38.8 Å². The Labute approximate surface area is 89.0 Å². The van der Waals surface area contributed by atoms with Gasteiger partial charge in [-0.25, -0.2) is 0 Å². The summed E-state index contributed by atoms with van der Waals surface area (Å²) in [5.41, 5.74) is 0. The molecule has 0 aromatic rings. The Morgan fingerprint density at radius 1 is 0.857 bits per heavy atom. The molecule has 0 bridgehead atoms. The van der Waals surface area contributed by atoms with Crippen LogP contribution in [0.5, 0.6) is 0 Å². The number of hydrogen-bond donors (Lipinski definition) is 3. The second-order valence-corrected chi connectivity index (χ2v) is 3.96. The van der Waals surface area contributed by atoms with Gasteiger partial charge in [0.25, 0.3) is 0 Å². The van der Waals surface area contributed by atoms with Crippen molar-refractivity contribution in [2.24, 2.45) is 0 Å². The van der Waals surface area contributed by atoms with Crippen molar-refractivity contribution in [2.75, 3.05) is 32.7 Å². The maximum atomic E-state index is 3.40. The Morgan fingerprint density at radius 2 is 1.43 bits per heavy atom. The molecular weight excluding hydrogens is 174 g/mol. The smallest absolute Gasteiger partial charge is 0.00791 e. The Balaban J connectivity index is 2.85. The fourth-order valence-electron chi connectivity index (χ4n) is 1.18. The molecule has 0 unspecified atom stereocenters. The van der Waals surface area contributed by atoms with Crippen molar-refractivity contribution >= 4 is 0 Å². The van der Waals surface area contributed by atoms with Crippen molar-refractivity contribution in [2.45, 2.75) is 39.7 Å². The van der Waals surface area contributed by atoms with Crippen molar-refractivity contribution in [3.05, 3.63) is 0 Å². The van der Waals surface area contributed by atoms with Crippen molar-refractivity contribution in [1.82, 2.24) is 16.0 Å². The third kappa shape index (κ3) is 11.9. The second kappa shape index (κ2) is 11.0. The highest BCUT2D eigenvalue weighted by molar-refractivity contribution is 4.56. The molecule has 3 nitrogen and oxygen atoms in total. The van der Waals surface area contributed by atoms with Gasteiger partial charge in [0.05, 0.1) is 0 Å². The minimum Gasteiger partial charge on any atom is -0.315 e. The van der Waals surface area contributed by atoms with E-state index in [4.69, 9.17) is 0 Å². The van der Waals surface area contributed by atoms with E-state index in [2.05, 4.69) is 36.7 Å². The van der Waals surface area contributed by atoms with E-state index < -0.39 is 0 Å². The van der Waals surface area contributed by atoms with Gasteiger partial charge in [0.15, 0.2) is 0 Å². The lowest BCUT2D eigenvalue weighted by molar-refractivity contribution is 0.542. The predicted octanol–water partition coefficient (Wildman–Crippen LogP) is 0.964. The van der Waals surface area contributed by atoms with E-state index >= 15 is 0 Å². The molecule has 0 aliphatic rings. The molecule has 0 saturated carbocycles. The van der Waals surface area contributed by atoms with Gasteiger partial charge >= 0.3 is 0 Å². The lowest BCUT2D eigenvalue weighted by Gasteiger charge is -2.09. The molecule has 0 heterocycles. The maximum absolute atomic E-state index is 3.40. The standard InChI is InChI=1S/C11H27N3/c1-4-5-6-12-7-8-13-9-10-14-11(2)3/h11-14H,4-10H2,1-3H3. The van der Waals surface area contributed by atoms with Crippen LogP contribution in [0.15, 0.2) is 0 Å². The summed E-state index contributed by atoms with van der Waals surface area (Å²) in [4.78, 5) is 0. The topological polar surface area (TPSA) is 36.1 Å². The van der Waals surface area contributed by atoms with E-state index in [9.17, 15) is 0 Å². The molecule has 0 radical (unpaired) electrons. The Bertz CT molecular complexity index is 105. The highest BCUT2D eigenvalue weighted by Gasteiger charge is 1.91. The minimum absolute atomic E-state index is 0.597. The highest BCUT2D eigenvalue weighted by Crippen LogP contribution is 1.80.